The number of hydrogen-bond donors (Lipinski definition) is 0. The molecule has 1 amide bonds. The number of amides is 1. The van der Waals surface area contributed by atoms with E-state index in [0.29, 0.717) is 35.9 Å². The van der Waals surface area contributed by atoms with Gasteiger partial charge in [0.1, 0.15) is 0 Å². The van der Waals surface area contributed by atoms with E-state index in [1.807, 2.05) is 53.4 Å². The molecule has 1 aromatic heterocycles. The number of halogens is 1. The Labute approximate surface area is 208 Å². The highest BCUT2D eigenvalue weighted by Crippen LogP contribution is 2.30. The average molecular weight is 516 g/mol. The smallest absolute Gasteiger partial charge is 0.254 e. The molecule has 1 aliphatic heterocycles. The summed E-state index contributed by atoms with van der Waals surface area (Å²) in [6.07, 6.45) is 1.71. The van der Waals surface area contributed by atoms with Gasteiger partial charge in [-0.2, -0.15) is 0 Å². The van der Waals surface area contributed by atoms with Crippen molar-refractivity contribution in [1.82, 2.24) is 9.88 Å². The number of benzene rings is 3. The zero-order valence-corrected chi connectivity index (χ0v) is 20.9. The molecule has 1 fully saturated rings. The van der Waals surface area contributed by atoms with Crippen LogP contribution in [0.1, 0.15) is 21.5 Å². The summed E-state index contributed by atoms with van der Waals surface area (Å²) < 4.78 is 7.05. The molecular formula is C28H26BrN3O2. The van der Waals surface area contributed by atoms with E-state index in [4.69, 9.17) is 4.42 Å². The summed E-state index contributed by atoms with van der Waals surface area (Å²) in [5.74, 6) is 1.13. The van der Waals surface area contributed by atoms with Crippen molar-refractivity contribution in [3.05, 3.63) is 94.1 Å². The molecule has 5 nitrogen and oxygen atoms in total. The summed E-state index contributed by atoms with van der Waals surface area (Å²) in [7, 11) is 0. The molecule has 0 spiro atoms. The topological polar surface area (TPSA) is 49.6 Å². The molecule has 0 aliphatic carbocycles. The van der Waals surface area contributed by atoms with Crippen molar-refractivity contribution in [1.29, 1.82) is 0 Å². The first-order valence-corrected chi connectivity index (χ1v) is 12.2. The number of carbonyl (C=O) groups is 1. The standard InChI is InChI=1S/C28H26BrN3O2/c1-19-7-5-12-25(20(19)2)31-13-15-32(16-14-31)28(33)24-11-4-3-10-23(24)27-30-18-26(34-27)21-8-6-9-22(29)17-21/h3-12,17-18H,13-16H2,1-2H3. The number of aryl methyl sites for hydroxylation is 1. The Morgan fingerprint density at radius 1 is 0.941 bits per heavy atom. The molecule has 0 unspecified atom stereocenters. The number of oxazole rings is 1. The van der Waals surface area contributed by atoms with Gasteiger partial charge in [0.2, 0.25) is 5.89 Å². The van der Waals surface area contributed by atoms with Gasteiger partial charge in [-0.05, 0) is 55.3 Å². The normalized spacial score (nSPS) is 13.9. The minimum absolute atomic E-state index is 0.0124. The fourth-order valence-corrected chi connectivity index (χ4v) is 4.83. The third-order valence-electron chi connectivity index (χ3n) is 6.49. The van der Waals surface area contributed by atoms with Gasteiger partial charge in [-0.3, -0.25) is 4.79 Å². The predicted molar refractivity (Wildman–Crippen MR) is 139 cm³/mol. The van der Waals surface area contributed by atoms with Gasteiger partial charge in [0.25, 0.3) is 5.91 Å². The molecule has 0 N–H and O–H groups in total. The van der Waals surface area contributed by atoms with Crippen LogP contribution in [0.15, 0.2) is 81.8 Å². The molecular weight excluding hydrogens is 490 g/mol. The zero-order chi connectivity index (χ0) is 23.7. The molecule has 34 heavy (non-hydrogen) atoms. The van der Waals surface area contributed by atoms with Crippen molar-refractivity contribution in [2.24, 2.45) is 0 Å². The SMILES string of the molecule is Cc1cccc(N2CCN(C(=O)c3ccccc3-c3ncc(-c4cccc(Br)c4)o3)CC2)c1C. The molecule has 6 heteroatoms. The van der Waals surface area contributed by atoms with Crippen molar-refractivity contribution in [3.63, 3.8) is 0 Å². The summed E-state index contributed by atoms with van der Waals surface area (Å²) in [5, 5.41) is 0. The van der Waals surface area contributed by atoms with E-state index in [0.717, 1.165) is 23.1 Å². The first-order valence-electron chi connectivity index (χ1n) is 11.4. The van der Waals surface area contributed by atoms with Gasteiger partial charge in [-0.1, -0.05) is 52.3 Å². The molecule has 5 rings (SSSR count). The number of aromatic nitrogens is 1. The van der Waals surface area contributed by atoms with Gasteiger partial charge in [0, 0.05) is 47.5 Å². The monoisotopic (exact) mass is 515 g/mol. The lowest BCUT2D eigenvalue weighted by molar-refractivity contribution is 0.0747. The van der Waals surface area contributed by atoms with Crippen molar-refractivity contribution >= 4 is 27.5 Å². The Morgan fingerprint density at radius 3 is 2.50 bits per heavy atom. The number of nitrogens with zero attached hydrogens (tertiary/aromatic N) is 3. The zero-order valence-electron chi connectivity index (χ0n) is 19.3. The van der Waals surface area contributed by atoms with Gasteiger partial charge in [-0.25, -0.2) is 4.98 Å². The van der Waals surface area contributed by atoms with Crippen LogP contribution >= 0.6 is 15.9 Å². The Kier molecular flexibility index (Phi) is 6.24. The molecule has 0 bridgehead atoms. The van der Waals surface area contributed by atoms with Crippen molar-refractivity contribution in [3.8, 4) is 22.8 Å². The number of anilines is 1. The number of rotatable bonds is 4. The van der Waals surface area contributed by atoms with E-state index in [-0.39, 0.29) is 5.91 Å². The minimum atomic E-state index is 0.0124. The maximum atomic E-state index is 13.5. The van der Waals surface area contributed by atoms with Crippen LogP contribution in [0.4, 0.5) is 5.69 Å². The average Bonchev–Trinajstić information content (AvgIpc) is 3.36. The number of carbonyl (C=O) groups excluding carboxylic acids is 1. The summed E-state index contributed by atoms with van der Waals surface area (Å²) in [6, 6.07) is 21.8. The molecule has 0 atom stereocenters. The second kappa shape index (κ2) is 9.47. The summed E-state index contributed by atoms with van der Waals surface area (Å²) in [5.41, 5.74) is 6.11. The molecule has 2 heterocycles. The van der Waals surface area contributed by atoms with Crippen LogP contribution in [0, 0.1) is 13.8 Å². The van der Waals surface area contributed by atoms with Gasteiger partial charge >= 0.3 is 0 Å². The predicted octanol–water partition coefficient (Wildman–Crippen LogP) is 6.35. The van der Waals surface area contributed by atoms with Crippen LogP contribution in [0.5, 0.6) is 0 Å². The lowest BCUT2D eigenvalue weighted by Gasteiger charge is -2.37. The van der Waals surface area contributed by atoms with Gasteiger partial charge < -0.3 is 14.2 Å². The minimum Gasteiger partial charge on any atom is -0.436 e. The van der Waals surface area contributed by atoms with E-state index in [1.165, 1.54) is 16.8 Å². The Bertz CT molecular complexity index is 1340. The lowest BCUT2D eigenvalue weighted by Crippen LogP contribution is -2.49. The Hall–Kier alpha value is -3.38. The molecule has 4 aromatic rings. The molecule has 1 aliphatic rings. The largest absolute Gasteiger partial charge is 0.436 e. The number of piperazine rings is 1. The number of hydrogen-bond acceptors (Lipinski definition) is 4. The molecule has 0 saturated carbocycles. The van der Waals surface area contributed by atoms with Crippen LogP contribution in [-0.2, 0) is 0 Å². The quantitative estimate of drug-likeness (QED) is 0.317. The fraction of sp³-hybridized carbons (Fsp3) is 0.214. The fourth-order valence-electron chi connectivity index (χ4n) is 4.43. The van der Waals surface area contributed by atoms with Gasteiger partial charge in [-0.15, -0.1) is 0 Å². The maximum absolute atomic E-state index is 13.5. The second-order valence-electron chi connectivity index (χ2n) is 8.58. The van der Waals surface area contributed by atoms with Gasteiger partial charge in [0.05, 0.1) is 11.8 Å². The first kappa shape index (κ1) is 22.4. The van der Waals surface area contributed by atoms with Crippen LogP contribution in [0.25, 0.3) is 22.8 Å². The summed E-state index contributed by atoms with van der Waals surface area (Å²) in [4.78, 5) is 22.3. The van der Waals surface area contributed by atoms with Crippen molar-refractivity contribution in [2.75, 3.05) is 31.1 Å². The summed E-state index contributed by atoms with van der Waals surface area (Å²) in [6.45, 7) is 7.27. The maximum Gasteiger partial charge on any atom is 0.254 e. The van der Waals surface area contributed by atoms with Crippen LogP contribution in [-0.4, -0.2) is 42.0 Å². The molecule has 3 aromatic carbocycles. The second-order valence-corrected chi connectivity index (χ2v) is 9.50. The van der Waals surface area contributed by atoms with E-state index >= 15 is 0 Å². The van der Waals surface area contributed by atoms with Crippen LogP contribution in [0.2, 0.25) is 0 Å². The third-order valence-corrected chi connectivity index (χ3v) is 6.98. The highest BCUT2D eigenvalue weighted by Gasteiger charge is 2.26. The lowest BCUT2D eigenvalue weighted by atomic mass is 10.0. The molecule has 1 saturated heterocycles. The van der Waals surface area contributed by atoms with Crippen LogP contribution < -0.4 is 4.90 Å². The molecule has 172 valence electrons. The van der Waals surface area contributed by atoms with Crippen molar-refractivity contribution in [2.45, 2.75) is 13.8 Å². The van der Waals surface area contributed by atoms with Crippen molar-refractivity contribution < 1.29 is 9.21 Å². The van der Waals surface area contributed by atoms with E-state index in [2.05, 4.69) is 57.9 Å². The van der Waals surface area contributed by atoms with Crippen LogP contribution in [0.3, 0.4) is 0 Å². The highest BCUT2D eigenvalue weighted by atomic mass is 79.9. The first-order chi connectivity index (χ1) is 16.5. The Morgan fingerprint density at radius 2 is 1.71 bits per heavy atom. The van der Waals surface area contributed by atoms with Gasteiger partial charge in [0.15, 0.2) is 5.76 Å². The highest BCUT2D eigenvalue weighted by molar-refractivity contribution is 9.10. The third kappa shape index (κ3) is 4.38. The summed E-state index contributed by atoms with van der Waals surface area (Å²) >= 11 is 3.50. The Balaban J connectivity index is 1.35. The van der Waals surface area contributed by atoms with E-state index in [9.17, 15) is 4.79 Å². The van der Waals surface area contributed by atoms with E-state index in [1.54, 1.807) is 6.20 Å². The molecule has 0 radical (unpaired) electrons. The van der Waals surface area contributed by atoms with E-state index < -0.39 is 0 Å².